The third-order valence-electron chi connectivity index (χ3n) is 4.21. The summed E-state index contributed by atoms with van der Waals surface area (Å²) in [5.74, 6) is -0.251. The van der Waals surface area contributed by atoms with E-state index in [1.807, 2.05) is 13.8 Å². The first-order chi connectivity index (χ1) is 9.88. The Kier molecular flexibility index (Phi) is 4.57. The van der Waals surface area contributed by atoms with Gasteiger partial charge in [0.1, 0.15) is 5.69 Å². The van der Waals surface area contributed by atoms with Crippen molar-refractivity contribution in [2.24, 2.45) is 11.7 Å². The number of nitrogens with zero attached hydrogens (tertiary/aromatic N) is 1. The molecule has 0 radical (unpaired) electrons. The lowest BCUT2D eigenvalue weighted by Gasteiger charge is -2.25. The van der Waals surface area contributed by atoms with E-state index in [9.17, 15) is 14.9 Å². The number of nitrogens with one attached hydrogen (secondary N) is 1. The van der Waals surface area contributed by atoms with Crippen LogP contribution in [0.1, 0.15) is 36.8 Å². The van der Waals surface area contributed by atoms with Gasteiger partial charge in [-0.1, -0.05) is 0 Å². The van der Waals surface area contributed by atoms with E-state index in [2.05, 4.69) is 5.32 Å². The van der Waals surface area contributed by atoms with Crippen LogP contribution in [0.4, 0.5) is 11.4 Å². The van der Waals surface area contributed by atoms with Gasteiger partial charge >= 0.3 is 0 Å². The minimum Gasteiger partial charge on any atom is -0.328 e. The van der Waals surface area contributed by atoms with E-state index in [0.717, 1.165) is 36.8 Å². The highest BCUT2D eigenvalue weighted by molar-refractivity contribution is 5.95. The molecule has 0 aliphatic heterocycles. The van der Waals surface area contributed by atoms with Gasteiger partial charge in [0.15, 0.2) is 0 Å². The minimum absolute atomic E-state index is 0.0565. The van der Waals surface area contributed by atoms with Gasteiger partial charge in [0.05, 0.1) is 4.92 Å². The quantitative estimate of drug-likeness (QED) is 0.660. The zero-order chi connectivity index (χ0) is 15.6. The van der Waals surface area contributed by atoms with Crippen LogP contribution in [0, 0.1) is 29.9 Å². The lowest BCUT2D eigenvalue weighted by molar-refractivity contribution is -0.384. The van der Waals surface area contributed by atoms with Crippen LogP contribution in [0.3, 0.4) is 0 Å². The maximum Gasteiger partial charge on any atom is 0.293 e. The van der Waals surface area contributed by atoms with Gasteiger partial charge in [-0.05, 0) is 56.7 Å². The Morgan fingerprint density at radius 2 is 1.81 bits per heavy atom. The van der Waals surface area contributed by atoms with Crippen molar-refractivity contribution < 1.29 is 9.72 Å². The molecule has 2 rings (SSSR count). The van der Waals surface area contributed by atoms with Gasteiger partial charge < -0.3 is 11.1 Å². The second kappa shape index (κ2) is 6.22. The molecular formula is C15H21N3O3. The maximum atomic E-state index is 12.3. The highest BCUT2D eigenvalue weighted by atomic mass is 16.6. The van der Waals surface area contributed by atoms with E-state index in [1.54, 1.807) is 6.07 Å². The van der Waals surface area contributed by atoms with Crippen LogP contribution in [-0.4, -0.2) is 16.9 Å². The fourth-order valence-corrected chi connectivity index (χ4v) is 2.67. The molecule has 21 heavy (non-hydrogen) atoms. The highest BCUT2D eigenvalue weighted by Gasteiger charge is 2.26. The van der Waals surface area contributed by atoms with Crippen molar-refractivity contribution >= 4 is 17.3 Å². The van der Waals surface area contributed by atoms with Crippen LogP contribution in [0.25, 0.3) is 0 Å². The number of carbonyl (C=O) groups is 1. The van der Waals surface area contributed by atoms with Crippen LogP contribution >= 0.6 is 0 Å². The molecule has 114 valence electrons. The molecule has 1 aromatic carbocycles. The summed E-state index contributed by atoms with van der Waals surface area (Å²) in [6.45, 7) is 3.69. The van der Waals surface area contributed by atoms with Gasteiger partial charge in [0, 0.05) is 18.0 Å². The van der Waals surface area contributed by atoms with Crippen molar-refractivity contribution in [3.8, 4) is 0 Å². The topological polar surface area (TPSA) is 98.3 Å². The number of aryl methyl sites for hydroxylation is 2. The molecule has 1 aliphatic carbocycles. The Labute approximate surface area is 123 Å². The van der Waals surface area contributed by atoms with Crippen LogP contribution < -0.4 is 11.1 Å². The zero-order valence-electron chi connectivity index (χ0n) is 12.4. The van der Waals surface area contributed by atoms with Gasteiger partial charge in [0.25, 0.3) is 5.69 Å². The predicted octanol–water partition coefficient (Wildman–Crippen LogP) is 2.67. The number of hydrogen-bond acceptors (Lipinski definition) is 4. The number of nitro benzene ring substituents is 1. The summed E-state index contributed by atoms with van der Waals surface area (Å²) >= 11 is 0. The summed E-state index contributed by atoms with van der Waals surface area (Å²) in [6, 6.07) is 3.34. The second-order valence-corrected chi connectivity index (χ2v) is 5.81. The molecule has 3 N–H and O–H groups in total. The van der Waals surface area contributed by atoms with E-state index in [-0.39, 0.29) is 29.2 Å². The summed E-state index contributed by atoms with van der Waals surface area (Å²) in [4.78, 5) is 22.9. The number of carbonyl (C=O) groups excluding carboxylic acids is 1. The fraction of sp³-hybridized carbons (Fsp3) is 0.533. The zero-order valence-corrected chi connectivity index (χ0v) is 12.4. The molecule has 0 heterocycles. The molecule has 0 unspecified atom stereocenters. The average molecular weight is 291 g/mol. The summed E-state index contributed by atoms with van der Waals surface area (Å²) < 4.78 is 0. The fourth-order valence-electron chi connectivity index (χ4n) is 2.67. The summed E-state index contributed by atoms with van der Waals surface area (Å²) in [6.07, 6.45) is 3.14. The van der Waals surface area contributed by atoms with Crippen LogP contribution in [0.5, 0.6) is 0 Å². The lowest BCUT2D eigenvalue weighted by Crippen LogP contribution is -2.32. The van der Waals surface area contributed by atoms with Crippen LogP contribution in [0.15, 0.2) is 12.1 Å². The molecule has 1 saturated carbocycles. The standard InChI is InChI=1S/C15H21N3O3/c1-9-7-13(14(18(20)21)8-10(9)2)17-15(19)11-3-5-12(16)6-4-11/h7-8,11-12H,3-6,16H2,1-2H3,(H,17,19). The van der Waals surface area contributed by atoms with E-state index in [4.69, 9.17) is 5.73 Å². The molecule has 0 aromatic heterocycles. The van der Waals surface area contributed by atoms with Gasteiger partial charge in [-0.25, -0.2) is 0 Å². The van der Waals surface area contributed by atoms with Gasteiger partial charge in [-0.15, -0.1) is 0 Å². The number of rotatable bonds is 3. The Morgan fingerprint density at radius 1 is 1.24 bits per heavy atom. The Bertz CT molecular complexity index is 564. The number of nitrogens with two attached hydrogens (primary N) is 1. The summed E-state index contributed by atoms with van der Waals surface area (Å²) in [5.41, 5.74) is 7.81. The average Bonchev–Trinajstić information content (AvgIpc) is 2.43. The number of benzene rings is 1. The van der Waals surface area contributed by atoms with Crippen molar-refractivity contribution in [3.05, 3.63) is 33.4 Å². The van der Waals surface area contributed by atoms with Crippen molar-refractivity contribution in [2.75, 3.05) is 5.32 Å². The molecular weight excluding hydrogens is 270 g/mol. The Morgan fingerprint density at radius 3 is 2.38 bits per heavy atom. The van der Waals surface area contributed by atoms with Crippen molar-refractivity contribution in [1.29, 1.82) is 0 Å². The predicted molar refractivity (Wildman–Crippen MR) is 81.1 cm³/mol. The molecule has 1 aliphatic rings. The first-order valence-electron chi connectivity index (χ1n) is 7.20. The maximum absolute atomic E-state index is 12.3. The molecule has 1 fully saturated rings. The first-order valence-corrected chi connectivity index (χ1v) is 7.20. The first kappa shape index (κ1) is 15.4. The molecule has 1 amide bonds. The summed E-state index contributed by atoms with van der Waals surface area (Å²) in [5, 5.41) is 13.8. The number of amides is 1. The van der Waals surface area contributed by atoms with Gasteiger partial charge in [-0.3, -0.25) is 14.9 Å². The minimum atomic E-state index is -0.459. The number of nitro groups is 1. The molecule has 6 nitrogen and oxygen atoms in total. The lowest BCUT2D eigenvalue weighted by atomic mass is 9.86. The van der Waals surface area contributed by atoms with Crippen molar-refractivity contribution in [3.63, 3.8) is 0 Å². The second-order valence-electron chi connectivity index (χ2n) is 5.81. The smallest absolute Gasteiger partial charge is 0.293 e. The van der Waals surface area contributed by atoms with Gasteiger partial charge in [-0.2, -0.15) is 0 Å². The molecule has 0 spiro atoms. The largest absolute Gasteiger partial charge is 0.328 e. The van der Waals surface area contributed by atoms with Crippen molar-refractivity contribution in [1.82, 2.24) is 0 Å². The monoisotopic (exact) mass is 291 g/mol. The number of hydrogen-bond donors (Lipinski definition) is 2. The molecule has 0 atom stereocenters. The van der Waals surface area contributed by atoms with Crippen LogP contribution in [-0.2, 0) is 4.79 Å². The normalized spacial score (nSPS) is 21.9. The Balaban J connectivity index is 2.17. The molecule has 6 heteroatoms. The van der Waals surface area contributed by atoms with E-state index in [0.29, 0.717) is 0 Å². The third kappa shape index (κ3) is 3.58. The van der Waals surface area contributed by atoms with Crippen molar-refractivity contribution in [2.45, 2.75) is 45.6 Å². The SMILES string of the molecule is Cc1cc(NC(=O)C2CCC(N)CC2)c([N+](=O)[O-])cc1C. The highest BCUT2D eigenvalue weighted by Crippen LogP contribution is 2.30. The van der Waals surface area contributed by atoms with E-state index >= 15 is 0 Å². The summed E-state index contributed by atoms with van der Waals surface area (Å²) in [7, 11) is 0. The molecule has 0 saturated heterocycles. The van der Waals surface area contributed by atoms with E-state index in [1.165, 1.54) is 6.07 Å². The van der Waals surface area contributed by atoms with Crippen LogP contribution in [0.2, 0.25) is 0 Å². The Hall–Kier alpha value is -1.95. The number of anilines is 1. The van der Waals surface area contributed by atoms with Gasteiger partial charge in [0.2, 0.25) is 5.91 Å². The molecule has 0 bridgehead atoms. The molecule has 1 aromatic rings. The van der Waals surface area contributed by atoms with E-state index < -0.39 is 4.92 Å². The third-order valence-corrected chi connectivity index (χ3v) is 4.21.